The van der Waals surface area contributed by atoms with E-state index in [1.54, 1.807) is 0 Å². The van der Waals surface area contributed by atoms with Crippen molar-refractivity contribution < 1.29 is 4.74 Å². The Hall–Kier alpha value is -1.16. The van der Waals surface area contributed by atoms with Crippen molar-refractivity contribution in [2.45, 2.75) is 12.3 Å². The molecular formula is C16H16BrNO. The van der Waals surface area contributed by atoms with Gasteiger partial charge < -0.3 is 4.74 Å². The summed E-state index contributed by atoms with van der Waals surface area (Å²) in [6.45, 7) is 0.737. The fraction of sp³-hybridized carbons (Fsp3) is 0.250. The zero-order chi connectivity index (χ0) is 13.2. The highest BCUT2D eigenvalue weighted by molar-refractivity contribution is 9.10. The lowest BCUT2D eigenvalue weighted by atomic mass is 10.1. The van der Waals surface area contributed by atoms with Crippen LogP contribution in [0.25, 0.3) is 0 Å². The molecule has 2 atom stereocenters. The first kappa shape index (κ1) is 12.9. The minimum atomic E-state index is 0.0401. The van der Waals surface area contributed by atoms with E-state index in [1.165, 1.54) is 11.1 Å². The highest BCUT2D eigenvalue weighted by Gasteiger charge is 2.33. The number of halogens is 1. The number of nitrogens with zero attached hydrogens (tertiary/aromatic N) is 1. The van der Waals surface area contributed by atoms with Crippen molar-refractivity contribution in [3.8, 4) is 0 Å². The van der Waals surface area contributed by atoms with E-state index in [2.05, 4.69) is 76.4 Å². The number of likely N-dealkylation sites (N-methyl/N-ethyl adjacent to an activating group) is 1. The Morgan fingerprint density at radius 2 is 1.68 bits per heavy atom. The van der Waals surface area contributed by atoms with E-state index in [9.17, 15) is 0 Å². The molecule has 19 heavy (non-hydrogen) atoms. The summed E-state index contributed by atoms with van der Waals surface area (Å²) in [7, 11) is 2.12. The van der Waals surface area contributed by atoms with Gasteiger partial charge in [-0.2, -0.15) is 0 Å². The van der Waals surface area contributed by atoms with Crippen LogP contribution in [0.1, 0.15) is 23.4 Å². The molecule has 1 heterocycles. The summed E-state index contributed by atoms with van der Waals surface area (Å²) < 4.78 is 7.06. The van der Waals surface area contributed by atoms with Gasteiger partial charge in [0.05, 0.1) is 12.6 Å². The second-order valence-electron chi connectivity index (χ2n) is 4.83. The highest BCUT2D eigenvalue weighted by atomic mass is 79.9. The van der Waals surface area contributed by atoms with Crippen LogP contribution >= 0.6 is 15.9 Å². The lowest BCUT2D eigenvalue weighted by Crippen LogP contribution is -2.22. The smallest absolute Gasteiger partial charge is 0.137 e. The molecule has 3 rings (SSSR count). The number of hydrogen-bond acceptors (Lipinski definition) is 2. The molecule has 0 unspecified atom stereocenters. The first-order valence-electron chi connectivity index (χ1n) is 6.39. The van der Waals surface area contributed by atoms with Crippen LogP contribution in [0.4, 0.5) is 0 Å². The molecule has 2 aromatic carbocycles. The minimum absolute atomic E-state index is 0.0401. The van der Waals surface area contributed by atoms with Crippen LogP contribution < -0.4 is 0 Å². The lowest BCUT2D eigenvalue weighted by molar-refractivity contribution is 0.0433. The minimum Gasteiger partial charge on any atom is -0.357 e. The van der Waals surface area contributed by atoms with Crippen molar-refractivity contribution in [3.63, 3.8) is 0 Å². The number of rotatable bonds is 2. The zero-order valence-electron chi connectivity index (χ0n) is 10.8. The Morgan fingerprint density at radius 3 is 2.37 bits per heavy atom. The third-order valence-corrected chi connectivity index (χ3v) is 4.14. The molecule has 0 amide bonds. The standard InChI is InChI=1S/C16H16BrNO/c1-18-15(12-5-3-2-4-6-12)11-19-16(18)13-7-9-14(17)10-8-13/h2-10,15-16H,11H2,1H3/t15-,16-/m0/s1. The molecule has 3 heteroatoms. The van der Waals surface area contributed by atoms with E-state index in [0.717, 1.165) is 11.1 Å². The van der Waals surface area contributed by atoms with E-state index >= 15 is 0 Å². The predicted octanol–water partition coefficient (Wildman–Crippen LogP) is 4.15. The molecule has 0 spiro atoms. The van der Waals surface area contributed by atoms with Crippen molar-refractivity contribution in [3.05, 3.63) is 70.2 Å². The molecule has 1 aliphatic heterocycles. The van der Waals surface area contributed by atoms with Gasteiger partial charge in [0.15, 0.2) is 0 Å². The van der Waals surface area contributed by atoms with Crippen LogP contribution in [0.5, 0.6) is 0 Å². The molecule has 0 N–H and O–H groups in total. The lowest BCUT2D eigenvalue weighted by Gasteiger charge is -2.23. The molecule has 0 bridgehead atoms. The molecule has 1 fully saturated rings. The van der Waals surface area contributed by atoms with Crippen LogP contribution in [0, 0.1) is 0 Å². The Labute approximate surface area is 122 Å². The van der Waals surface area contributed by atoms with Gasteiger partial charge in [0.1, 0.15) is 6.23 Å². The van der Waals surface area contributed by atoms with Gasteiger partial charge in [-0.3, -0.25) is 4.90 Å². The summed E-state index contributed by atoms with van der Waals surface area (Å²) in [6.07, 6.45) is 0.0401. The Bertz CT molecular complexity index is 540. The first-order chi connectivity index (χ1) is 9.25. The largest absolute Gasteiger partial charge is 0.357 e. The van der Waals surface area contributed by atoms with E-state index in [-0.39, 0.29) is 6.23 Å². The monoisotopic (exact) mass is 317 g/mol. The summed E-state index contributed by atoms with van der Waals surface area (Å²) in [5, 5.41) is 0. The SMILES string of the molecule is CN1[C@H](c2ccccc2)CO[C@H]1c1ccc(Br)cc1. The molecule has 0 aliphatic carbocycles. The van der Waals surface area contributed by atoms with Crippen LogP contribution in [0.2, 0.25) is 0 Å². The maximum atomic E-state index is 5.97. The summed E-state index contributed by atoms with van der Waals surface area (Å²) in [6, 6.07) is 19.2. The van der Waals surface area contributed by atoms with Crippen molar-refractivity contribution >= 4 is 15.9 Å². The number of ether oxygens (including phenoxy) is 1. The van der Waals surface area contributed by atoms with E-state index in [4.69, 9.17) is 4.74 Å². The van der Waals surface area contributed by atoms with Gasteiger partial charge in [-0.25, -0.2) is 0 Å². The normalized spacial score (nSPS) is 23.7. The third kappa shape index (κ3) is 2.59. The molecule has 0 saturated carbocycles. The van der Waals surface area contributed by atoms with Gasteiger partial charge >= 0.3 is 0 Å². The van der Waals surface area contributed by atoms with Gasteiger partial charge in [-0.15, -0.1) is 0 Å². The molecule has 98 valence electrons. The van der Waals surface area contributed by atoms with E-state index < -0.39 is 0 Å². The maximum Gasteiger partial charge on any atom is 0.137 e. The molecule has 0 aromatic heterocycles. The molecule has 1 saturated heterocycles. The average molecular weight is 318 g/mol. The number of benzene rings is 2. The quantitative estimate of drug-likeness (QED) is 0.825. The van der Waals surface area contributed by atoms with Crippen LogP contribution in [0.15, 0.2) is 59.1 Å². The topological polar surface area (TPSA) is 12.5 Å². The zero-order valence-corrected chi connectivity index (χ0v) is 12.4. The average Bonchev–Trinajstić information content (AvgIpc) is 2.83. The Morgan fingerprint density at radius 1 is 1.00 bits per heavy atom. The fourth-order valence-corrected chi connectivity index (χ4v) is 2.81. The van der Waals surface area contributed by atoms with Crippen LogP contribution in [-0.4, -0.2) is 18.6 Å². The predicted molar refractivity (Wildman–Crippen MR) is 79.8 cm³/mol. The first-order valence-corrected chi connectivity index (χ1v) is 7.19. The van der Waals surface area contributed by atoms with Gasteiger partial charge in [0.2, 0.25) is 0 Å². The van der Waals surface area contributed by atoms with Crippen molar-refractivity contribution in [1.82, 2.24) is 4.90 Å². The summed E-state index contributed by atoms with van der Waals surface area (Å²) in [5.74, 6) is 0. The fourth-order valence-electron chi connectivity index (χ4n) is 2.55. The van der Waals surface area contributed by atoms with Gasteiger partial charge in [0, 0.05) is 4.47 Å². The molecular weight excluding hydrogens is 302 g/mol. The van der Waals surface area contributed by atoms with E-state index in [0.29, 0.717) is 6.04 Å². The second-order valence-corrected chi connectivity index (χ2v) is 5.74. The summed E-state index contributed by atoms with van der Waals surface area (Å²) >= 11 is 3.46. The second kappa shape index (κ2) is 5.45. The Balaban J connectivity index is 1.82. The van der Waals surface area contributed by atoms with Crippen molar-refractivity contribution in [2.24, 2.45) is 0 Å². The summed E-state index contributed by atoms with van der Waals surface area (Å²) in [5.41, 5.74) is 2.51. The molecule has 2 nitrogen and oxygen atoms in total. The van der Waals surface area contributed by atoms with Crippen molar-refractivity contribution in [1.29, 1.82) is 0 Å². The van der Waals surface area contributed by atoms with Gasteiger partial charge in [-0.1, -0.05) is 58.4 Å². The Kier molecular flexibility index (Phi) is 3.69. The van der Waals surface area contributed by atoms with Crippen LogP contribution in [-0.2, 0) is 4.74 Å². The maximum absolute atomic E-state index is 5.97. The van der Waals surface area contributed by atoms with Crippen molar-refractivity contribution in [2.75, 3.05) is 13.7 Å². The van der Waals surface area contributed by atoms with Crippen LogP contribution in [0.3, 0.4) is 0 Å². The van der Waals surface area contributed by atoms with Gasteiger partial charge in [0.25, 0.3) is 0 Å². The summed E-state index contributed by atoms with van der Waals surface area (Å²) in [4.78, 5) is 2.29. The molecule has 1 aliphatic rings. The molecule has 0 radical (unpaired) electrons. The number of hydrogen-bond donors (Lipinski definition) is 0. The third-order valence-electron chi connectivity index (χ3n) is 3.61. The highest BCUT2D eigenvalue weighted by Crippen LogP contribution is 2.37. The molecule has 2 aromatic rings. The van der Waals surface area contributed by atoms with E-state index in [1.807, 2.05) is 6.07 Å². The van der Waals surface area contributed by atoms with Gasteiger partial charge in [-0.05, 0) is 30.3 Å².